The van der Waals surface area contributed by atoms with Gasteiger partial charge in [0.2, 0.25) is 0 Å². The number of imidazole rings is 1. The number of H-pyrrole nitrogens is 1. The van der Waals surface area contributed by atoms with Gasteiger partial charge in [0.25, 0.3) is 5.91 Å². The van der Waals surface area contributed by atoms with Crippen LogP contribution in [0.15, 0.2) is 71.2 Å². The standard InChI is InChI=1S/C24H22BrN3O2/c1-15-18(22-26-20-8-4-5-9-21(20)27-22)7-6-10-19(15)28-23(29)24(2,3)30-17-13-11-16(25)12-14-17/h4-14H,1-3H3,(H,26,27)(H,28,29). The van der Waals surface area contributed by atoms with E-state index in [9.17, 15) is 4.79 Å². The average molecular weight is 464 g/mol. The Morgan fingerprint density at radius 1 is 1.03 bits per heavy atom. The van der Waals surface area contributed by atoms with Gasteiger partial charge >= 0.3 is 0 Å². The number of nitrogens with one attached hydrogen (secondary N) is 2. The number of para-hydroxylation sites is 2. The molecule has 0 saturated carbocycles. The Morgan fingerprint density at radius 3 is 2.50 bits per heavy atom. The number of halogens is 1. The van der Waals surface area contributed by atoms with E-state index < -0.39 is 5.60 Å². The van der Waals surface area contributed by atoms with Crippen LogP contribution in [-0.4, -0.2) is 21.5 Å². The smallest absolute Gasteiger partial charge is 0.267 e. The first-order valence-electron chi connectivity index (χ1n) is 9.64. The van der Waals surface area contributed by atoms with Gasteiger partial charge in [-0.2, -0.15) is 0 Å². The summed E-state index contributed by atoms with van der Waals surface area (Å²) in [4.78, 5) is 21.0. The van der Waals surface area contributed by atoms with Gasteiger partial charge in [0.1, 0.15) is 11.6 Å². The number of nitrogens with zero attached hydrogens (tertiary/aromatic N) is 1. The summed E-state index contributed by atoms with van der Waals surface area (Å²) >= 11 is 3.40. The average Bonchev–Trinajstić information content (AvgIpc) is 3.15. The summed E-state index contributed by atoms with van der Waals surface area (Å²) in [5.74, 6) is 1.18. The summed E-state index contributed by atoms with van der Waals surface area (Å²) in [7, 11) is 0. The zero-order valence-corrected chi connectivity index (χ0v) is 18.6. The molecule has 6 heteroatoms. The van der Waals surface area contributed by atoms with E-state index in [1.807, 2.05) is 73.7 Å². The molecule has 1 amide bonds. The number of hydrogen-bond acceptors (Lipinski definition) is 3. The molecule has 4 rings (SSSR count). The molecule has 0 bridgehead atoms. The van der Waals surface area contributed by atoms with Gasteiger partial charge in [0.05, 0.1) is 11.0 Å². The summed E-state index contributed by atoms with van der Waals surface area (Å²) in [6.07, 6.45) is 0. The van der Waals surface area contributed by atoms with Crippen molar-refractivity contribution in [3.8, 4) is 17.1 Å². The minimum Gasteiger partial charge on any atom is -0.478 e. The Labute approximate surface area is 183 Å². The van der Waals surface area contributed by atoms with Crippen LogP contribution >= 0.6 is 15.9 Å². The number of aromatic amines is 1. The molecule has 0 unspecified atom stereocenters. The molecule has 0 spiro atoms. The van der Waals surface area contributed by atoms with Gasteiger partial charge in [-0.25, -0.2) is 4.98 Å². The van der Waals surface area contributed by atoms with Crippen LogP contribution in [0.2, 0.25) is 0 Å². The van der Waals surface area contributed by atoms with Crippen LogP contribution in [-0.2, 0) is 4.79 Å². The van der Waals surface area contributed by atoms with E-state index in [1.54, 1.807) is 13.8 Å². The lowest BCUT2D eigenvalue weighted by molar-refractivity contribution is -0.128. The van der Waals surface area contributed by atoms with Gasteiger partial charge in [-0.05, 0) is 68.8 Å². The maximum atomic E-state index is 13.0. The zero-order chi connectivity index (χ0) is 21.3. The Kier molecular flexibility index (Phi) is 5.35. The Hall–Kier alpha value is -3.12. The van der Waals surface area contributed by atoms with Crippen molar-refractivity contribution in [3.63, 3.8) is 0 Å². The number of ether oxygens (including phenoxy) is 1. The zero-order valence-electron chi connectivity index (χ0n) is 17.0. The molecule has 1 heterocycles. The third-order valence-electron chi connectivity index (χ3n) is 4.96. The van der Waals surface area contributed by atoms with E-state index in [-0.39, 0.29) is 5.91 Å². The van der Waals surface area contributed by atoms with Gasteiger partial charge in [0.15, 0.2) is 5.60 Å². The fourth-order valence-electron chi connectivity index (χ4n) is 3.22. The van der Waals surface area contributed by atoms with Gasteiger partial charge in [-0.1, -0.05) is 40.2 Å². The summed E-state index contributed by atoms with van der Waals surface area (Å²) < 4.78 is 6.89. The number of rotatable bonds is 5. The summed E-state index contributed by atoms with van der Waals surface area (Å²) in [5.41, 5.74) is 3.44. The molecule has 0 radical (unpaired) electrons. The SMILES string of the molecule is Cc1c(NC(=O)C(C)(C)Oc2ccc(Br)cc2)cccc1-c1nc2ccccc2[nH]1. The largest absolute Gasteiger partial charge is 0.478 e. The second kappa shape index (κ2) is 7.95. The van der Waals surface area contributed by atoms with Crippen molar-refractivity contribution in [2.24, 2.45) is 0 Å². The van der Waals surface area contributed by atoms with Crippen molar-refractivity contribution in [2.45, 2.75) is 26.4 Å². The van der Waals surface area contributed by atoms with E-state index in [1.165, 1.54) is 0 Å². The minimum atomic E-state index is -1.05. The lowest BCUT2D eigenvalue weighted by Crippen LogP contribution is -2.42. The quantitative estimate of drug-likeness (QED) is 0.375. The number of carbonyl (C=O) groups is 1. The number of hydrogen-bond donors (Lipinski definition) is 2. The van der Waals surface area contributed by atoms with E-state index >= 15 is 0 Å². The van der Waals surface area contributed by atoms with Crippen molar-refractivity contribution in [1.29, 1.82) is 0 Å². The molecule has 1 aromatic heterocycles. The first-order chi connectivity index (χ1) is 14.3. The summed E-state index contributed by atoms with van der Waals surface area (Å²) in [6.45, 7) is 5.48. The topological polar surface area (TPSA) is 67.0 Å². The molecule has 152 valence electrons. The van der Waals surface area contributed by atoms with E-state index in [2.05, 4.69) is 31.2 Å². The molecule has 0 fully saturated rings. The van der Waals surface area contributed by atoms with Crippen LogP contribution in [0.4, 0.5) is 5.69 Å². The van der Waals surface area contributed by atoms with E-state index in [0.29, 0.717) is 5.75 Å². The highest BCUT2D eigenvalue weighted by Crippen LogP contribution is 2.29. The Balaban J connectivity index is 1.57. The third-order valence-corrected chi connectivity index (χ3v) is 5.49. The normalized spacial score (nSPS) is 11.5. The van der Waals surface area contributed by atoms with E-state index in [0.717, 1.165) is 38.1 Å². The first kappa shape index (κ1) is 20.2. The third kappa shape index (κ3) is 4.09. The highest BCUT2D eigenvalue weighted by molar-refractivity contribution is 9.10. The molecule has 5 nitrogen and oxygen atoms in total. The summed E-state index contributed by atoms with van der Waals surface area (Å²) in [5, 5.41) is 3.01. The molecule has 3 aromatic carbocycles. The van der Waals surface area contributed by atoms with Gasteiger partial charge in [-0.15, -0.1) is 0 Å². The van der Waals surface area contributed by atoms with Gasteiger partial charge < -0.3 is 15.0 Å². The maximum absolute atomic E-state index is 13.0. The molecule has 30 heavy (non-hydrogen) atoms. The minimum absolute atomic E-state index is 0.227. The molecule has 0 aliphatic rings. The van der Waals surface area contributed by atoms with Crippen LogP contribution in [0.5, 0.6) is 5.75 Å². The van der Waals surface area contributed by atoms with Crippen LogP contribution in [0, 0.1) is 6.92 Å². The molecule has 0 aliphatic carbocycles. The lowest BCUT2D eigenvalue weighted by atomic mass is 10.0. The van der Waals surface area contributed by atoms with Crippen LogP contribution < -0.4 is 10.1 Å². The number of anilines is 1. The number of aromatic nitrogens is 2. The Morgan fingerprint density at radius 2 is 1.77 bits per heavy atom. The fourth-order valence-corrected chi connectivity index (χ4v) is 3.49. The number of carbonyl (C=O) groups excluding carboxylic acids is 1. The van der Waals surface area contributed by atoms with Crippen LogP contribution in [0.1, 0.15) is 19.4 Å². The molecular formula is C24H22BrN3O2. The van der Waals surface area contributed by atoms with Gasteiger partial charge in [0, 0.05) is 15.7 Å². The van der Waals surface area contributed by atoms with E-state index in [4.69, 9.17) is 4.74 Å². The lowest BCUT2D eigenvalue weighted by Gasteiger charge is -2.26. The highest BCUT2D eigenvalue weighted by Gasteiger charge is 2.30. The number of fused-ring (bicyclic) bond motifs is 1. The second-order valence-electron chi connectivity index (χ2n) is 7.60. The van der Waals surface area contributed by atoms with Crippen molar-refractivity contribution in [3.05, 3.63) is 76.8 Å². The molecule has 2 N–H and O–H groups in total. The van der Waals surface area contributed by atoms with Crippen molar-refractivity contribution in [1.82, 2.24) is 9.97 Å². The van der Waals surface area contributed by atoms with Crippen molar-refractivity contribution >= 4 is 38.6 Å². The van der Waals surface area contributed by atoms with Crippen molar-refractivity contribution in [2.75, 3.05) is 5.32 Å². The first-order valence-corrected chi connectivity index (χ1v) is 10.4. The molecule has 4 aromatic rings. The fraction of sp³-hybridized carbons (Fsp3) is 0.167. The number of benzene rings is 3. The monoisotopic (exact) mass is 463 g/mol. The predicted octanol–water partition coefficient (Wildman–Crippen LogP) is 6.10. The van der Waals surface area contributed by atoms with Crippen LogP contribution in [0.25, 0.3) is 22.4 Å². The van der Waals surface area contributed by atoms with Crippen LogP contribution in [0.3, 0.4) is 0 Å². The van der Waals surface area contributed by atoms with Gasteiger partial charge in [-0.3, -0.25) is 4.79 Å². The molecule has 0 saturated heterocycles. The number of amides is 1. The van der Waals surface area contributed by atoms with Crippen molar-refractivity contribution < 1.29 is 9.53 Å². The second-order valence-corrected chi connectivity index (χ2v) is 8.52. The Bertz CT molecular complexity index is 1180. The molecule has 0 atom stereocenters. The molecule has 0 aliphatic heterocycles. The maximum Gasteiger partial charge on any atom is 0.267 e. The molecular weight excluding hydrogens is 442 g/mol. The predicted molar refractivity (Wildman–Crippen MR) is 124 cm³/mol. The highest BCUT2D eigenvalue weighted by atomic mass is 79.9. The summed E-state index contributed by atoms with van der Waals surface area (Å²) in [6, 6.07) is 21.1.